The number of nitrogens with one attached hydrogen (secondary N) is 3. The number of aromatic amines is 1. The molecule has 1 aromatic rings. The quantitative estimate of drug-likeness (QED) is 0.256. The number of imidazole rings is 1. The molecule has 0 radical (unpaired) electrons. The van der Waals surface area contributed by atoms with Crippen molar-refractivity contribution in [3.8, 4) is 0 Å². The molecule has 1 aliphatic heterocycles. The van der Waals surface area contributed by atoms with Gasteiger partial charge in [0, 0.05) is 24.9 Å². The average Bonchev–Trinajstić information content (AvgIpc) is 3.46. The number of aliphatic carboxylic acids is 1. The van der Waals surface area contributed by atoms with Crippen LogP contribution in [0.5, 0.6) is 0 Å². The number of carbonyl (C=O) groups is 4. The van der Waals surface area contributed by atoms with Crippen molar-refractivity contribution >= 4 is 35.5 Å². The Bertz CT molecular complexity index is 834. The van der Waals surface area contributed by atoms with E-state index in [1.54, 1.807) is 6.20 Å². The number of carboxylic acid groups (broad SMARTS) is 1. The molecule has 0 saturated carbocycles. The third-order valence-electron chi connectivity index (χ3n) is 5.72. The van der Waals surface area contributed by atoms with Crippen LogP contribution in [0.2, 0.25) is 0 Å². The Kier molecular flexibility index (Phi) is 10.8. The minimum absolute atomic E-state index is 0.162. The molecule has 1 saturated heterocycles. The molecule has 0 aromatic carbocycles. The van der Waals surface area contributed by atoms with Crippen molar-refractivity contribution in [1.82, 2.24) is 25.5 Å². The third kappa shape index (κ3) is 8.01. The molecule has 3 amide bonds. The summed E-state index contributed by atoms with van der Waals surface area (Å²) in [7, 11) is 0. The summed E-state index contributed by atoms with van der Waals surface area (Å²) in [6, 6.07) is -3.52. The Hall–Kier alpha value is -2.60. The Labute approximate surface area is 204 Å². The van der Waals surface area contributed by atoms with Crippen molar-refractivity contribution in [2.75, 3.05) is 18.6 Å². The van der Waals surface area contributed by atoms with Gasteiger partial charge in [-0.3, -0.25) is 14.4 Å². The normalized spacial score (nSPS) is 18.4. The van der Waals surface area contributed by atoms with Crippen LogP contribution in [0.15, 0.2) is 12.5 Å². The molecule has 1 aliphatic rings. The lowest BCUT2D eigenvalue weighted by Gasteiger charge is -2.30. The number of thioether (sulfide) groups is 1. The zero-order valence-corrected chi connectivity index (χ0v) is 20.8. The van der Waals surface area contributed by atoms with Crippen molar-refractivity contribution in [3.05, 3.63) is 18.2 Å². The summed E-state index contributed by atoms with van der Waals surface area (Å²) in [6.07, 6.45) is 6.85. The largest absolute Gasteiger partial charge is 0.480 e. The first kappa shape index (κ1) is 27.6. The van der Waals surface area contributed by atoms with Crippen LogP contribution in [0.1, 0.15) is 45.2 Å². The fourth-order valence-corrected chi connectivity index (χ4v) is 4.45. The number of rotatable bonds is 13. The van der Waals surface area contributed by atoms with Crippen LogP contribution >= 0.6 is 11.8 Å². The van der Waals surface area contributed by atoms with Gasteiger partial charge in [0.15, 0.2) is 0 Å². The molecule has 0 spiro atoms. The second kappa shape index (κ2) is 13.3. The Balaban J connectivity index is 2.15. The number of carbonyl (C=O) groups excluding carboxylic acids is 3. The molecular weight excluding hydrogens is 460 g/mol. The minimum Gasteiger partial charge on any atom is -0.480 e. The maximum atomic E-state index is 13.5. The van der Waals surface area contributed by atoms with Gasteiger partial charge in [-0.2, -0.15) is 11.8 Å². The maximum Gasteiger partial charge on any atom is 0.326 e. The number of hydrogen-bond acceptors (Lipinski definition) is 7. The zero-order valence-electron chi connectivity index (χ0n) is 20.0. The Morgan fingerprint density at radius 3 is 2.62 bits per heavy atom. The number of H-pyrrole nitrogens is 1. The molecule has 2 heterocycles. The van der Waals surface area contributed by atoms with Crippen LogP contribution in [-0.4, -0.2) is 86.4 Å². The molecule has 0 aliphatic carbocycles. The standard InChI is InChI=1S/C22H36N6O5S/c1-13(2)9-15(23)19(29)27-17(10-14-11-24-12-25-14)21(31)28-7-4-5-18(28)20(30)26-16(22(32)33)6-8-34-3/h11-13,15-18H,4-10,23H2,1-3H3,(H,24,25)(H,26,30)(H,27,29)(H,32,33). The number of amides is 3. The number of nitrogens with two attached hydrogens (primary N) is 1. The first-order chi connectivity index (χ1) is 16.1. The van der Waals surface area contributed by atoms with Gasteiger partial charge in [-0.15, -0.1) is 0 Å². The fraction of sp³-hybridized carbons (Fsp3) is 0.682. The van der Waals surface area contributed by atoms with Gasteiger partial charge in [0.1, 0.15) is 18.1 Å². The lowest BCUT2D eigenvalue weighted by Crippen LogP contribution is -2.57. The zero-order chi connectivity index (χ0) is 25.3. The van der Waals surface area contributed by atoms with Crippen molar-refractivity contribution in [1.29, 1.82) is 0 Å². The van der Waals surface area contributed by atoms with E-state index in [9.17, 15) is 24.3 Å². The lowest BCUT2D eigenvalue weighted by molar-refractivity contribution is -0.145. The van der Waals surface area contributed by atoms with E-state index in [4.69, 9.17) is 5.73 Å². The van der Waals surface area contributed by atoms with Crippen LogP contribution in [0, 0.1) is 5.92 Å². The topological polar surface area (TPSA) is 171 Å². The summed E-state index contributed by atoms with van der Waals surface area (Å²) < 4.78 is 0. The van der Waals surface area contributed by atoms with Crippen LogP contribution in [0.3, 0.4) is 0 Å². The minimum atomic E-state index is -1.11. The summed E-state index contributed by atoms with van der Waals surface area (Å²) in [4.78, 5) is 59.0. The van der Waals surface area contributed by atoms with E-state index >= 15 is 0 Å². The van der Waals surface area contributed by atoms with Gasteiger partial charge >= 0.3 is 5.97 Å². The molecule has 1 fully saturated rings. The molecule has 12 heteroatoms. The van der Waals surface area contributed by atoms with E-state index in [0.717, 1.165) is 0 Å². The SMILES string of the molecule is CSCCC(NC(=O)C1CCCN1C(=O)C(Cc1cnc[nH]1)NC(=O)C(N)CC(C)C)C(=O)O. The first-order valence-electron chi connectivity index (χ1n) is 11.5. The van der Waals surface area contributed by atoms with Crippen LogP contribution < -0.4 is 16.4 Å². The predicted octanol–water partition coefficient (Wildman–Crippen LogP) is 0.124. The van der Waals surface area contributed by atoms with E-state index in [0.29, 0.717) is 37.3 Å². The highest BCUT2D eigenvalue weighted by atomic mass is 32.2. The third-order valence-corrected chi connectivity index (χ3v) is 6.36. The molecule has 11 nitrogen and oxygen atoms in total. The molecule has 2 rings (SSSR count). The number of aromatic nitrogens is 2. The highest BCUT2D eigenvalue weighted by Gasteiger charge is 2.39. The molecule has 4 atom stereocenters. The number of nitrogens with zero attached hydrogens (tertiary/aromatic N) is 2. The molecule has 1 aromatic heterocycles. The lowest BCUT2D eigenvalue weighted by atomic mass is 10.0. The monoisotopic (exact) mass is 496 g/mol. The van der Waals surface area contributed by atoms with Crippen molar-refractivity contribution in [2.24, 2.45) is 11.7 Å². The van der Waals surface area contributed by atoms with E-state index in [2.05, 4.69) is 20.6 Å². The Morgan fingerprint density at radius 2 is 2.03 bits per heavy atom. The Morgan fingerprint density at radius 1 is 1.29 bits per heavy atom. The number of likely N-dealkylation sites (tertiary alicyclic amines) is 1. The van der Waals surface area contributed by atoms with Crippen LogP contribution in [-0.2, 0) is 25.6 Å². The van der Waals surface area contributed by atoms with E-state index in [1.165, 1.54) is 23.0 Å². The smallest absolute Gasteiger partial charge is 0.326 e. The summed E-state index contributed by atoms with van der Waals surface area (Å²) in [5.74, 6) is -1.66. The van der Waals surface area contributed by atoms with Crippen molar-refractivity contribution < 1.29 is 24.3 Å². The molecule has 0 bridgehead atoms. The summed E-state index contributed by atoms with van der Waals surface area (Å²) in [5, 5.41) is 14.8. The maximum absolute atomic E-state index is 13.5. The summed E-state index contributed by atoms with van der Waals surface area (Å²) >= 11 is 1.49. The van der Waals surface area contributed by atoms with Gasteiger partial charge in [0.25, 0.3) is 0 Å². The second-order valence-electron chi connectivity index (χ2n) is 8.95. The van der Waals surface area contributed by atoms with Gasteiger partial charge in [0.2, 0.25) is 17.7 Å². The van der Waals surface area contributed by atoms with E-state index in [1.807, 2.05) is 20.1 Å². The average molecular weight is 497 g/mol. The number of carboxylic acids is 1. The van der Waals surface area contributed by atoms with E-state index < -0.39 is 47.9 Å². The first-order valence-corrected chi connectivity index (χ1v) is 12.9. The summed E-state index contributed by atoms with van der Waals surface area (Å²) in [6.45, 7) is 4.25. The molecule has 6 N–H and O–H groups in total. The van der Waals surface area contributed by atoms with Gasteiger partial charge in [0.05, 0.1) is 12.4 Å². The molecule has 190 valence electrons. The van der Waals surface area contributed by atoms with Gasteiger partial charge < -0.3 is 31.4 Å². The van der Waals surface area contributed by atoms with Gasteiger partial charge in [-0.25, -0.2) is 9.78 Å². The van der Waals surface area contributed by atoms with Crippen LogP contribution in [0.25, 0.3) is 0 Å². The highest BCUT2D eigenvalue weighted by Crippen LogP contribution is 2.20. The van der Waals surface area contributed by atoms with E-state index in [-0.39, 0.29) is 18.8 Å². The second-order valence-corrected chi connectivity index (χ2v) is 9.93. The highest BCUT2D eigenvalue weighted by molar-refractivity contribution is 7.98. The van der Waals surface area contributed by atoms with Crippen molar-refractivity contribution in [3.63, 3.8) is 0 Å². The molecular formula is C22H36N6O5S. The summed E-state index contributed by atoms with van der Waals surface area (Å²) in [5.41, 5.74) is 6.67. The van der Waals surface area contributed by atoms with Gasteiger partial charge in [-0.05, 0) is 43.6 Å². The predicted molar refractivity (Wildman–Crippen MR) is 129 cm³/mol. The van der Waals surface area contributed by atoms with Gasteiger partial charge in [-0.1, -0.05) is 13.8 Å². The number of hydrogen-bond donors (Lipinski definition) is 5. The molecule has 4 unspecified atom stereocenters. The molecule has 34 heavy (non-hydrogen) atoms. The fourth-order valence-electron chi connectivity index (χ4n) is 3.97. The van der Waals surface area contributed by atoms with Crippen molar-refractivity contribution in [2.45, 2.75) is 70.1 Å². The van der Waals surface area contributed by atoms with Crippen LogP contribution in [0.4, 0.5) is 0 Å².